The van der Waals surface area contributed by atoms with Crippen molar-refractivity contribution < 1.29 is 4.74 Å². The van der Waals surface area contributed by atoms with Crippen LogP contribution in [0.25, 0.3) is 0 Å². The lowest BCUT2D eigenvalue weighted by Crippen LogP contribution is -2.36. The Hall–Kier alpha value is -1.73. The number of ether oxygens (including phenoxy) is 1. The Morgan fingerprint density at radius 2 is 2.00 bits per heavy atom. The number of methoxy groups -OCH3 is 1. The molecular formula is C22H28N2OS. The van der Waals surface area contributed by atoms with E-state index in [2.05, 4.69) is 39.8 Å². The normalized spacial score (nSPS) is 23.0. The van der Waals surface area contributed by atoms with Gasteiger partial charge in [-0.1, -0.05) is 13.8 Å². The predicted octanol–water partition coefficient (Wildman–Crippen LogP) is 5.73. The van der Waals surface area contributed by atoms with Gasteiger partial charge in [-0.25, -0.2) is 4.99 Å². The second-order valence-corrected chi connectivity index (χ2v) is 9.08. The molecule has 1 aliphatic heterocycles. The lowest BCUT2D eigenvalue weighted by Gasteiger charge is -2.35. The van der Waals surface area contributed by atoms with Gasteiger partial charge in [-0.15, -0.1) is 11.8 Å². The van der Waals surface area contributed by atoms with Gasteiger partial charge in [0, 0.05) is 15.8 Å². The maximum absolute atomic E-state index is 9.33. The minimum Gasteiger partial charge on any atom is -0.484 e. The van der Waals surface area contributed by atoms with Crippen LogP contribution in [0.4, 0.5) is 0 Å². The van der Waals surface area contributed by atoms with Crippen LogP contribution in [-0.2, 0) is 4.74 Å². The third-order valence-corrected chi connectivity index (χ3v) is 6.61. The van der Waals surface area contributed by atoms with Gasteiger partial charge in [-0.3, -0.25) is 0 Å². The van der Waals surface area contributed by atoms with E-state index in [0.717, 1.165) is 40.0 Å². The number of hydrogen-bond acceptors (Lipinski definition) is 4. The van der Waals surface area contributed by atoms with Crippen molar-refractivity contribution in [1.29, 1.82) is 5.26 Å². The molecule has 0 N–H and O–H groups in total. The fourth-order valence-electron chi connectivity index (χ4n) is 3.75. The van der Waals surface area contributed by atoms with Gasteiger partial charge in [0.1, 0.15) is 0 Å². The molecule has 3 rings (SSSR count). The van der Waals surface area contributed by atoms with Gasteiger partial charge < -0.3 is 4.74 Å². The zero-order valence-corrected chi connectivity index (χ0v) is 17.2. The number of benzene rings is 1. The van der Waals surface area contributed by atoms with E-state index < -0.39 is 0 Å². The van der Waals surface area contributed by atoms with Crippen molar-refractivity contribution in [3.63, 3.8) is 0 Å². The van der Waals surface area contributed by atoms with Gasteiger partial charge in [0.15, 0.2) is 5.90 Å². The van der Waals surface area contributed by atoms with Crippen LogP contribution in [0.2, 0.25) is 0 Å². The molecule has 0 amide bonds. The number of aryl methyl sites for hydroxylation is 1. The van der Waals surface area contributed by atoms with Crippen LogP contribution < -0.4 is 0 Å². The molecule has 2 unspecified atom stereocenters. The summed E-state index contributed by atoms with van der Waals surface area (Å²) in [6, 6.07) is 8.43. The van der Waals surface area contributed by atoms with E-state index in [1.807, 2.05) is 23.9 Å². The highest BCUT2D eigenvalue weighted by molar-refractivity contribution is 8.00. The van der Waals surface area contributed by atoms with E-state index in [1.165, 1.54) is 18.4 Å². The molecule has 2 aliphatic rings. The van der Waals surface area contributed by atoms with Crippen molar-refractivity contribution >= 4 is 17.7 Å². The average molecular weight is 369 g/mol. The molecule has 1 aliphatic carbocycles. The lowest BCUT2D eigenvalue weighted by atomic mass is 9.84. The highest BCUT2D eigenvalue weighted by atomic mass is 32.2. The Labute approximate surface area is 161 Å². The second-order valence-electron chi connectivity index (χ2n) is 7.87. The van der Waals surface area contributed by atoms with Crippen LogP contribution in [-0.4, -0.2) is 18.3 Å². The van der Waals surface area contributed by atoms with Crippen molar-refractivity contribution in [1.82, 2.24) is 0 Å². The van der Waals surface area contributed by atoms with Gasteiger partial charge in [-0.05, 0) is 74.3 Å². The minimum atomic E-state index is 0.258. The number of allylic oxidation sites excluding steroid dienone is 1. The Bertz CT molecular complexity index is 784. The number of hydrogen-bond donors (Lipinski definition) is 0. The lowest BCUT2D eigenvalue weighted by molar-refractivity contribution is 0.329. The maximum atomic E-state index is 9.33. The first-order valence-electron chi connectivity index (χ1n) is 9.43. The first-order chi connectivity index (χ1) is 12.4. The van der Waals surface area contributed by atoms with E-state index in [0.29, 0.717) is 11.2 Å². The summed E-state index contributed by atoms with van der Waals surface area (Å²) in [4.78, 5) is 5.98. The molecule has 26 heavy (non-hydrogen) atoms. The van der Waals surface area contributed by atoms with Crippen molar-refractivity contribution in [2.75, 3.05) is 7.11 Å². The quantitative estimate of drug-likeness (QED) is 0.666. The SMILES string of the molecule is COC1=NC(C)=C(CC2CC2)C(Sc2cc(C)cc(C#N)c2)C1C(C)C. The first-order valence-corrected chi connectivity index (χ1v) is 10.3. The molecule has 0 saturated heterocycles. The molecule has 0 radical (unpaired) electrons. The van der Waals surface area contributed by atoms with Gasteiger partial charge in [0.05, 0.1) is 24.7 Å². The summed E-state index contributed by atoms with van der Waals surface area (Å²) < 4.78 is 5.69. The summed E-state index contributed by atoms with van der Waals surface area (Å²) in [6.45, 7) is 8.68. The van der Waals surface area contributed by atoms with E-state index in [4.69, 9.17) is 9.73 Å². The van der Waals surface area contributed by atoms with Crippen molar-refractivity contribution in [3.8, 4) is 6.07 Å². The number of nitrogens with zero attached hydrogens (tertiary/aromatic N) is 2. The molecule has 3 nitrogen and oxygen atoms in total. The van der Waals surface area contributed by atoms with Gasteiger partial charge in [-0.2, -0.15) is 5.26 Å². The molecule has 1 heterocycles. The Morgan fingerprint density at radius 1 is 1.27 bits per heavy atom. The van der Waals surface area contributed by atoms with Crippen molar-refractivity contribution in [2.24, 2.45) is 22.7 Å². The predicted molar refractivity (Wildman–Crippen MR) is 108 cm³/mol. The topological polar surface area (TPSA) is 45.4 Å². The van der Waals surface area contributed by atoms with Crippen LogP contribution in [0.3, 0.4) is 0 Å². The van der Waals surface area contributed by atoms with E-state index in [9.17, 15) is 5.26 Å². The molecular weight excluding hydrogens is 340 g/mol. The number of nitriles is 1. The summed E-state index contributed by atoms with van der Waals surface area (Å²) in [5.74, 6) is 2.37. The third-order valence-electron chi connectivity index (χ3n) is 5.27. The minimum absolute atomic E-state index is 0.258. The molecule has 1 saturated carbocycles. The monoisotopic (exact) mass is 368 g/mol. The summed E-state index contributed by atoms with van der Waals surface area (Å²) in [5, 5.41) is 9.64. The highest BCUT2D eigenvalue weighted by Gasteiger charge is 2.39. The van der Waals surface area contributed by atoms with Crippen LogP contribution in [0.5, 0.6) is 0 Å². The molecule has 0 spiro atoms. The maximum Gasteiger partial charge on any atom is 0.192 e. The average Bonchev–Trinajstić information content (AvgIpc) is 3.40. The summed E-state index contributed by atoms with van der Waals surface area (Å²) in [5.41, 5.74) is 4.45. The summed E-state index contributed by atoms with van der Waals surface area (Å²) in [7, 11) is 1.73. The van der Waals surface area contributed by atoms with Crippen LogP contribution in [0.15, 0.2) is 39.4 Å². The van der Waals surface area contributed by atoms with Crippen molar-refractivity contribution in [2.45, 2.75) is 57.1 Å². The van der Waals surface area contributed by atoms with Gasteiger partial charge >= 0.3 is 0 Å². The molecule has 4 heteroatoms. The fraction of sp³-hybridized carbons (Fsp3) is 0.545. The Kier molecular flexibility index (Phi) is 5.77. The summed E-state index contributed by atoms with van der Waals surface area (Å²) in [6.07, 6.45) is 3.82. The molecule has 138 valence electrons. The molecule has 1 fully saturated rings. The highest BCUT2D eigenvalue weighted by Crippen LogP contribution is 2.46. The fourth-order valence-corrected chi connectivity index (χ4v) is 5.48. The van der Waals surface area contributed by atoms with Crippen molar-refractivity contribution in [3.05, 3.63) is 40.6 Å². The molecule has 1 aromatic rings. The van der Waals surface area contributed by atoms with Gasteiger partial charge in [0.25, 0.3) is 0 Å². The third kappa shape index (κ3) is 4.15. The smallest absolute Gasteiger partial charge is 0.192 e. The first kappa shape index (κ1) is 19.0. The standard InChI is InChI=1S/C22H28N2OS/c1-13(2)20-21(26-18-9-14(3)8-17(10-18)12-23)19(11-16-6-7-16)15(4)24-22(20)25-5/h8-10,13,16,20-21H,6-7,11H2,1-5H3. The molecule has 2 atom stereocenters. The molecule has 0 aromatic heterocycles. The number of rotatable bonds is 5. The van der Waals surface area contributed by atoms with E-state index >= 15 is 0 Å². The zero-order chi connectivity index (χ0) is 18.8. The number of thioether (sulfide) groups is 1. The summed E-state index contributed by atoms with van der Waals surface area (Å²) >= 11 is 1.88. The number of aliphatic imine (C=N–C) groups is 1. The van der Waals surface area contributed by atoms with Crippen LogP contribution in [0, 0.1) is 36.0 Å². The van der Waals surface area contributed by atoms with E-state index in [1.54, 1.807) is 7.11 Å². The second kappa shape index (κ2) is 7.88. The Balaban J connectivity index is 1.99. The van der Waals surface area contributed by atoms with Crippen LogP contribution >= 0.6 is 11.8 Å². The zero-order valence-electron chi connectivity index (χ0n) is 16.4. The van der Waals surface area contributed by atoms with Gasteiger partial charge in [0.2, 0.25) is 0 Å². The Morgan fingerprint density at radius 3 is 2.58 bits per heavy atom. The largest absolute Gasteiger partial charge is 0.484 e. The molecule has 0 bridgehead atoms. The molecule has 1 aromatic carbocycles. The van der Waals surface area contributed by atoms with Crippen LogP contribution in [0.1, 0.15) is 51.2 Å². The van der Waals surface area contributed by atoms with E-state index in [-0.39, 0.29) is 5.92 Å².